The molecule has 0 spiro atoms. The molecule has 0 radical (unpaired) electrons. The minimum Gasteiger partial charge on any atom is -0.350 e. The number of nitrogens with one attached hydrogen (secondary N) is 1. The van der Waals surface area contributed by atoms with E-state index in [0.717, 1.165) is 56.7 Å². The minimum absolute atomic E-state index is 0.0632. The number of piperidine rings is 1. The van der Waals surface area contributed by atoms with E-state index in [2.05, 4.69) is 5.32 Å². The monoisotopic (exact) mass is 332 g/mol. The summed E-state index contributed by atoms with van der Waals surface area (Å²) in [6, 6.07) is 1.90. The summed E-state index contributed by atoms with van der Waals surface area (Å²) in [7, 11) is 0. The van der Waals surface area contributed by atoms with Crippen molar-refractivity contribution in [3.05, 3.63) is 22.4 Å². The van der Waals surface area contributed by atoms with E-state index in [1.165, 1.54) is 12.8 Å². The van der Waals surface area contributed by atoms with E-state index in [0.29, 0.717) is 0 Å². The summed E-state index contributed by atoms with van der Waals surface area (Å²) in [6.45, 7) is 1.51. The van der Waals surface area contributed by atoms with Gasteiger partial charge in [0, 0.05) is 29.9 Å². The molecule has 23 heavy (non-hydrogen) atoms. The third kappa shape index (κ3) is 3.44. The number of nitrogens with zero attached hydrogens (tertiary/aromatic N) is 1. The molecule has 1 aromatic heterocycles. The second kappa shape index (κ2) is 5.93. The summed E-state index contributed by atoms with van der Waals surface area (Å²) in [5.74, 6) is 1.44. The Kier molecular flexibility index (Phi) is 3.92. The summed E-state index contributed by atoms with van der Waals surface area (Å²) in [4.78, 5) is 26.7. The van der Waals surface area contributed by atoms with Gasteiger partial charge in [0.25, 0.3) is 5.91 Å². The Bertz CT molecular complexity index is 582. The van der Waals surface area contributed by atoms with E-state index < -0.39 is 0 Å². The summed E-state index contributed by atoms with van der Waals surface area (Å²) >= 11 is 1.56. The molecule has 4 rings (SSSR count). The van der Waals surface area contributed by atoms with Crippen LogP contribution in [0, 0.1) is 11.8 Å². The molecule has 124 valence electrons. The van der Waals surface area contributed by atoms with Crippen molar-refractivity contribution in [3.63, 3.8) is 0 Å². The predicted octanol–water partition coefficient (Wildman–Crippen LogP) is 3.05. The number of hydrogen-bond donors (Lipinski definition) is 1. The van der Waals surface area contributed by atoms with E-state index in [-0.39, 0.29) is 23.3 Å². The lowest BCUT2D eigenvalue weighted by Gasteiger charge is -2.43. The van der Waals surface area contributed by atoms with Crippen molar-refractivity contribution in [1.29, 1.82) is 0 Å². The van der Waals surface area contributed by atoms with Gasteiger partial charge >= 0.3 is 0 Å². The zero-order valence-electron chi connectivity index (χ0n) is 13.4. The van der Waals surface area contributed by atoms with Gasteiger partial charge in [0.2, 0.25) is 5.91 Å². The maximum absolute atomic E-state index is 12.5. The first-order valence-electron chi connectivity index (χ1n) is 8.79. The Morgan fingerprint density at radius 2 is 1.96 bits per heavy atom. The first-order chi connectivity index (χ1) is 11.2. The molecule has 4 nitrogen and oxygen atoms in total. The number of rotatable bonds is 5. The first kappa shape index (κ1) is 15.2. The van der Waals surface area contributed by atoms with Crippen molar-refractivity contribution in [1.82, 2.24) is 10.2 Å². The van der Waals surface area contributed by atoms with Crippen LogP contribution in [0.2, 0.25) is 0 Å². The Hall–Kier alpha value is -1.36. The molecule has 2 saturated carbocycles. The van der Waals surface area contributed by atoms with Crippen LogP contribution in [0.25, 0.3) is 0 Å². The van der Waals surface area contributed by atoms with E-state index in [9.17, 15) is 9.59 Å². The van der Waals surface area contributed by atoms with E-state index in [1.807, 2.05) is 21.7 Å². The Labute approximate surface area is 141 Å². The summed E-state index contributed by atoms with van der Waals surface area (Å²) in [6.07, 6.45) is 7.61. The van der Waals surface area contributed by atoms with Crippen LogP contribution in [-0.2, 0) is 4.79 Å². The standard InChI is InChI=1S/C18H24N2O2S/c21-16(14-3-4-14)19-18(11-13-1-2-13)6-8-20(9-7-18)17(22)15-5-10-23-12-15/h5,10,12-14H,1-4,6-9,11H2,(H,19,21). The lowest BCUT2D eigenvalue weighted by atomic mass is 9.82. The SMILES string of the molecule is O=C(NC1(CC2CC2)CCN(C(=O)c2ccsc2)CC1)C1CC1. The Morgan fingerprint density at radius 1 is 1.22 bits per heavy atom. The van der Waals surface area contributed by atoms with Gasteiger partial charge in [0.1, 0.15) is 0 Å². The van der Waals surface area contributed by atoms with Crippen molar-refractivity contribution in [2.75, 3.05) is 13.1 Å². The molecule has 2 aliphatic carbocycles. The van der Waals surface area contributed by atoms with Gasteiger partial charge < -0.3 is 10.2 Å². The van der Waals surface area contributed by atoms with Crippen LogP contribution in [0.4, 0.5) is 0 Å². The van der Waals surface area contributed by atoms with Crippen molar-refractivity contribution >= 4 is 23.2 Å². The molecule has 1 saturated heterocycles. The number of carbonyl (C=O) groups excluding carboxylic acids is 2. The average molecular weight is 332 g/mol. The third-order valence-corrected chi connectivity index (χ3v) is 6.17. The first-order valence-corrected chi connectivity index (χ1v) is 9.73. The van der Waals surface area contributed by atoms with Gasteiger partial charge in [-0.1, -0.05) is 12.8 Å². The molecule has 2 heterocycles. The number of carbonyl (C=O) groups is 2. The lowest BCUT2D eigenvalue weighted by Crippen LogP contribution is -2.56. The van der Waals surface area contributed by atoms with Crippen LogP contribution >= 0.6 is 11.3 Å². The second-order valence-electron chi connectivity index (χ2n) is 7.50. The van der Waals surface area contributed by atoms with Gasteiger partial charge in [-0.05, 0) is 49.5 Å². The van der Waals surface area contributed by atoms with Crippen molar-refractivity contribution in [3.8, 4) is 0 Å². The highest BCUT2D eigenvalue weighted by Gasteiger charge is 2.43. The van der Waals surface area contributed by atoms with Crippen molar-refractivity contribution in [2.24, 2.45) is 11.8 Å². The zero-order chi connectivity index (χ0) is 15.9. The van der Waals surface area contributed by atoms with Crippen LogP contribution in [-0.4, -0.2) is 35.3 Å². The fourth-order valence-electron chi connectivity index (χ4n) is 3.67. The highest BCUT2D eigenvalue weighted by Crippen LogP contribution is 2.41. The fraction of sp³-hybridized carbons (Fsp3) is 0.667. The molecule has 2 amide bonds. The predicted molar refractivity (Wildman–Crippen MR) is 90.4 cm³/mol. The van der Waals surface area contributed by atoms with Crippen molar-refractivity contribution < 1.29 is 9.59 Å². The lowest BCUT2D eigenvalue weighted by molar-refractivity contribution is -0.125. The molecule has 0 bridgehead atoms. The van der Waals surface area contributed by atoms with Gasteiger partial charge in [-0.15, -0.1) is 0 Å². The van der Waals surface area contributed by atoms with E-state index in [1.54, 1.807) is 11.3 Å². The van der Waals surface area contributed by atoms with Crippen LogP contribution in [0.5, 0.6) is 0 Å². The van der Waals surface area contributed by atoms with Gasteiger partial charge in [0.15, 0.2) is 0 Å². The van der Waals surface area contributed by atoms with Crippen LogP contribution in [0.15, 0.2) is 16.8 Å². The average Bonchev–Trinajstić information content (AvgIpc) is 3.48. The van der Waals surface area contributed by atoms with Gasteiger partial charge in [-0.3, -0.25) is 9.59 Å². The number of likely N-dealkylation sites (tertiary alicyclic amines) is 1. The maximum atomic E-state index is 12.5. The number of hydrogen-bond acceptors (Lipinski definition) is 3. The van der Waals surface area contributed by atoms with Crippen LogP contribution in [0.1, 0.15) is 55.3 Å². The molecule has 0 aromatic carbocycles. The molecule has 0 unspecified atom stereocenters. The summed E-state index contributed by atoms with van der Waals surface area (Å²) in [5.41, 5.74) is 0.735. The summed E-state index contributed by atoms with van der Waals surface area (Å²) < 4.78 is 0. The molecule has 3 aliphatic rings. The largest absolute Gasteiger partial charge is 0.350 e. The molecule has 1 aromatic rings. The smallest absolute Gasteiger partial charge is 0.254 e. The normalized spacial score (nSPS) is 23.6. The number of amides is 2. The zero-order valence-corrected chi connectivity index (χ0v) is 14.2. The number of thiophene rings is 1. The van der Waals surface area contributed by atoms with Crippen molar-refractivity contribution in [2.45, 2.75) is 50.5 Å². The van der Waals surface area contributed by atoms with Gasteiger partial charge in [-0.2, -0.15) is 11.3 Å². The van der Waals surface area contributed by atoms with E-state index >= 15 is 0 Å². The summed E-state index contributed by atoms with van der Waals surface area (Å²) in [5, 5.41) is 7.25. The quantitative estimate of drug-likeness (QED) is 0.901. The Balaban J connectivity index is 1.41. The highest BCUT2D eigenvalue weighted by molar-refractivity contribution is 7.08. The van der Waals surface area contributed by atoms with E-state index in [4.69, 9.17) is 0 Å². The van der Waals surface area contributed by atoms with Crippen LogP contribution in [0.3, 0.4) is 0 Å². The molecule has 0 atom stereocenters. The van der Waals surface area contributed by atoms with Gasteiger partial charge in [0.05, 0.1) is 5.56 Å². The van der Waals surface area contributed by atoms with Gasteiger partial charge in [-0.25, -0.2) is 0 Å². The second-order valence-corrected chi connectivity index (χ2v) is 8.28. The molecule has 1 N–H and O–H groups in total. The minimum atomic E-state index is -0.0632. The molecule has 1 aliphatic heterocycles. The van der Waals surface area contributed by atoms with Crippen LogP contribution < -0.4 is 5.32 Å². The molecular weight excluding hydrogens is 308 g/mol. The third-order valence-electron chi connectivity index (χ3n) is 5.49. The Morgan fingerprint density at radius 3 is 2.52 bits per heavy atom. The highest BCUT2D eigenvalue weighted by atomic mass is 32.1. The molecule has 3 fully saturated rings. The maximum Gasteiger partial charge on any atom is 0.254 e. The topological polar surface area (TPSA) is 49.4 Å². The fourth-order valence-corrected chi connectivity index (χ4v) is 4.30. The molecule has 5 heteroatoms. The molecular formula is C18H24N2O2S.